The standard InChI is InChI=1S/C26H31N7OS/c1-4-32-13-15-33(16-14-32)19-10-8-18(9-11-19)27-25-30-23(20-12-17-35-24(20)31-25)29-22-7-5-6-21(28-22)26(2,3)34/h5-12,17,34H,4,13-16H2,1-3H3,(H2,27,28,29,30,31). The summed E-state index contributed by atoms with van der Waals surface area (Å²) in [5.74, 6) is 1.81. The number of nitrogens with one attached hydrogen (secondary N) is 2. The van der Waals surface area contributed by atoms with Crippen LogP contribution in [0, 0.1) is 0 Å². The maximum atomic E-state index is 10.3. The summed E-state index contributed by atoms with van der Waals surface area (Å²) in [6.45, 7) is 11.1. The molecule has 182 valence electrons. The number of hydrogen-bond acceptors (Lipinski definition) is 9. The van der Waals surface area contributed by atoms with E-state index in [1.54, 1.807) is 25.2 Å². The third-order valence-corrected chi connectivity index (χ3v) is 7.06. The zero-order valence-corrected chi connectivity index (χ0v) is 21.1. The van der Waals surface area contributed by atoms with Gasteiger partial charge in [-0.3, -0.25) is 0 Å². The Morgan fingerprint density at radius 1 is 0.943 bits per heavy atom. The third-order valence-electron chi connectivity index (χ3n) is 6.26. The first-order chi connectivity index (χ1) is 16.9. The van der Waals surface area contributed by atoms with E-state index >= 15 is 0 Å². The van der Waals surface area contributed by atoms with Gasteiger partial charge in [0.15, 0.2) is 0 Å². The smallest absolute Gasteiger partial charge is 0.230 e. The van der Waals surface area contributed by atoms with E-state index < -0.39 is 5.60 Å². The molecule has 0 unspecified atom stereocenters. The van der Waals surface area contributed by atoms with E-state index in [0.717, 1.165) is 48.6 Å². The molecular formula is C26H31N7OS. The Labute approximate surface area is 209 Å². The molecule has 0 radical (unpaired) electrons. The Hall–Kier alpha value is -3.27. The summed E-state index contributed by atoms with van der Waals surface area (Å²) in [5, 5.41) is 19.9. The largest absolute Gasteiger partial charge is 0.384 e. The van der Waals surface area contributed by atoms with Crippen LogP contribution < -0.4 is 15.5 Å². The first kappa shape index (κ1) is 23.5. The van der Waals surface area contributed by atoms with Crippen molar-refractivity contribution in [1.82, 2.24) is 19.9 Å². The molecule has 35 heavy (non-hydrogen) atoms. The van der Waals surface area contributed by atoms with Gasteiger partial charge in [-0.1, -0.05) is 13.0 Å². The SMILES string of the molecule is CCN1CCN(c2ccc(Nc3nc(Nc4cccc(C(C)(C)O)n4)c4ccsc4n3)cc2)CC1. The number of aromatic nitrogens is 3. The molecule has 0 atom stereocenters. The highest BCUT2D eigenvalue weighted by Gasteiger charge is 2.19. The van der Waals surface area contributed by atoms with Crippen molar-refractivity contribution in [3.05, 3.63) is 59.6 Å². The maximum absolute atomic E-state index is 10.3. The molecule has 9 heteroatoms. The molecule has 0 saturated carbocycles. The quantitative estimate of drug-likeness (QED) is 0.336. The van der Waals surface area contributed by atoms with Crippen LogP contribution in [0.3, 0.4) is 0 Å². The zero-order valence-electron chi connectivity index (χ0n) is 20.3. The zero-order chi connectivity index (χ0) is 24.4. The number of thiophene rings is 1. The van der Waals surface area contributed by atoms with Crippen molar-refractivity contribution in [2.75, 3.05) is 48.3 Å². The lowest BCUT2D eigenvalue weighted by Crippen LogP contribution is -2.46. The van der Waals surface area contributed by atoms with Crippen LogP contribution in [0.25, 0.3) is 10.2 Å². The van der Waals surface area contributed by atoms with Crippen LogP contribution in [-0.4, -0.2) is 57.7 Å². The van der Waals surface area contributed by atoms with Gasteiger partial charge in [0.25, 0.3) is 0 Å². The fourth-order valence-corrected chi connectivity index (χ4v) is 4.94. The number of rotatable bonds is 7. The Balaban J connectivity index is 1.35. The van der Waals surface area contributed by atoms with Crippen LogP contribution in [-0.2, 0) is 5.60 Å². The molecule has 0 aliphatic carbocycles. The number of likely N-dealkylation sites (N-methyl/N-ethyl adjacent to an activating group) is 1. The van der Waals surface area contributed by atoms with Crippen molar-refractivity contribution in [3.8, 4) is 0 Å². The summed E-state index contributed by atoms with van der Waals surface area (Å²) in [6.07, 6.45) is 0. The van der Waals surface area contributed by atoms with E-state index in [0.29, 0.717) is 23.3 Å². The lowest BCUT2D eigenvalue weighted by molar-refractivity contribution is 0.0740. The first-order valence-electron chi connectivity index (χ1n) is 12.0. The molecule has 1 aromatic carbocycles. The Morgan fingerprint density at radius 3 is 2.43 bits per heavy atom. The minimum atomic E-state index is -1.02. The van der Waals surface area contributed by atoms with E-state index in [4.69, 9.17) is 9.97 Å². The van der Waals surface area contributed by atoms with Crippen LogP contribution in [0.5, 0.6) is 0 Å². The maximum Gasteiger partial charge on any atom is 0.230 e. The second kappa shape index (κ2) is 9.77. The number of piperazine rings is 1. The van der Waals surface area contributed by atoms with Gasteiger partial charge in [-0.15, -0.1) is 11.3 Å². The molecule has 1 aliphatic heterocycles. The minimum absolute atomic E-state index is 0.519. The monoisotopic (exact) mass is 489 g/mol. The highest BCUT2D eigenvalue weighted by molar-refractivity contribution is 7.16. The van der Waals surface area contributed by atoms with Gasteiger partial charge in [0, 0.05) is 37.6 Å². The lowest BCUT2D eigenvalue weighted by Gasteiger charge is -2.35. The Kier molecular flexibility index (Phi) is 6.55. The van der Waals surface area contributed by atoms with Crippen LogP contribution in [0.1, 0.15) is 26.5 Å². The molecule has 1 aliphatic rings. The summed E-state index contributed by atoms with van der Waals surface area (Å²) in [6, 6.07) is 16.0. The highest BCUT2D eigenvalue weighted by atomic mass is 32.1. The average Bonchev–Trinajstić information content (AvgIpc) is 3.33. The van der Waals surface area contributed by atoms with E-state index in [2.05, 4.69) is 56.6 Å². The summed E-state index contributed by atoms with van der Waals surface area (Å²) < 4.78 is 0. The van der Waals surface area contributed by atoms with E-state index in [1.165, 1.54) is 5.69 Å². The Bertz CT molecular complexity index is 1290. The second-order valence-electron chi connectivity index (χ2n) is 9.22. The number of nitrogens with zero attached hydrogens (tertiary/aromatic N) is 5. The molecular weight excluding hydrogens is 458 g/mol. The van der Waals surface area contributed by atoms with Crippen molar-refractivity contribution in [3.63, 3.8) is 0 Å². The van der Waals surface area contributed by atoms with Crippen LogP contribution in [0.2, 0.25) is 0 Å². The average molecular weight is 490 g/mol. The number of benzene rings is 1. The third kappa shape index (κ3) is 5.37. The number of fused-ring (bicyclic) bond motifs is 1. The first-order valence-corrected chi connectivity index (χ1v) is 12.8. The molecule has 0 bridgehead atoms. The molecule has 4 aromatic rings. The van der Waals surface area contributed by atoms with Gasteiger partial charge in [0.05, 0.1) is 11.1 Å². The predicted octanol–water partition coefficient (Wildman–Crippen LogP) is 4.94. The van der Waals surface area contributed by atoms with Crippen molar-refractivity contribution in [1.29, 1.82) is 0 Å². The predicted molar refractivity (Wildman–Crippen MR) is 144 cm³/mol. The molecule has 3 aromatic heterocycles. The summed E-state index contributed by atoms with van der Waals surface area (Å²) in [7, 11) is 0. The van der Waals surface area contributed by atoms with Gasteiger partial charge in [0.2, 0.25) is 5.95 Å². The van der Waals surface area contributed by atoms with Crippen molar-refractivity contribution in [2.45, 2.75) is 26.4 Å². The number of hydrogen-bond donors (Lipinski definition) is 3. The Morgan fingerprint density at radius 2 is 1.71 bits per heavy atom. The fourth-order valence-electron chi connectivity index (χ4n) is 4.18. The molecule has 1 fully saturated rings. The molecule has 3 N–H and O–H groups in total. The summed E-state index contributed by atoms with van der Waals surface area (Å²) in [4.78, 5) is 19.8. The van der Waals surface area contributed by atoms with Crippen molar-refractivity contribution >= 4 is 50.5 Å². The molecule has 1 saturated heterocycles. The molecule has 0 spiro atoms. The number of pyridine rings is 1. The number of aliphatic hydroxyl groups is 1. The van der Waals surface area contributed by atoms with Crippen LogP contribution >= 0.6 is 11.3 Å². The van der Waals surface area contributed by atoms with Gasteiger partial charge in [0.1, 0.15) is 22.1 Å². The van der Waals surface area contributed by atoms with Gasteiger partial charge in [-0.05, 0) is 68.2 Å². The topological polar surface area (TPSA) is 89.4 Å². The van der Waals surface area contributed by atoms with Crippen molar-refractivity contribution < 1.29 is 5.11 Å². The highest BCUT2D eigenvalue weighted by Crippen LogP contribution is 2.30. The molecule has 8 nitrogen and oxygen atoms in total. The summed E-state index contributed by atoms with van der Waals surface area (Å²) >= 11 is 1.57. The second-order valence-corrected chi connectivity index (χ2v) is 10.1. The van der Waals surface area contributed by atoms with E-state index in [1.807, 2.05) is 29.6 Å². The number of anilines is 5. The minimum Gasteiger partial charge on any atom is -0.384 e. The van der Waals surface area contributed by atoms with Gasteiger partial charge in [-0.25, -0.2) is 9.97 Å². The van der Waals surface area contributed by atoms with Crippen molar-refractivity contribution in [2.24, 2.45) is 0 Å². The van der Waals surface area contributed by atoms with Gasteiger partial charge < -0.3 is 25.5 Å². The molecule has 0 amide bonds. The van der Waals surface area contributed by atoms with Gasteiger partial charge in [-0.2, -0.15) is 4.98 Å². The lowest BCUT2D eigenvalue weighted by atomic mass is 10.1. The van der Waals surface area contributed by atoms with E-state index in [9.17, 15) is 5.11 Å². The van der Waals surface area contributed by atoms with Gasteiger partial charge >= 0.3 is 0 Å². The van der Waals surface area contributed by atoms with E-state index in [-0.39, 0.29) is 0 Å². The van der Waals surface area contributed by atoms with Crippen LogP contribution in [0.15, 0.2) is 53.9 Å². The molecule has 5 rings (SSSR count). The normalized spacial score (nSPS) is 14.9. The summed E-state index contributed by atoms with van der Waals surface area (Å²) in [5.41, 5.74) is 1.74. The van der Waals surface area contributed by atoms with Crippen LogP contribution in [0.4, 0.5) is 29.0 Å². The molecule has 4 heterocycles. The fraction of sp³-hybridized carbons (Fsp3) is 0.346.